The Morgan fingerprint density at radius 1 is 1.00 bits per heavy atom. The molecule has 0 aromatic heterocycles. The zero-order valence-electron chi connectivity index (χ0n) is 10.8. The van der Waals surface area contributed by atoms with Crippen LogP contribution in [0.5, 0.6) is 11.5 Å². The van der Waals surface area contributed by atoms with Crippen molar-refractivity contribution in [2.45, 2.75) is 4.90 Å². The lowest BCUT2D eigenvalue weighted by molar-refractivity contribution is 0.482. The molecule has 0 atom stereocenters. The highest BCUT2D eigenvalue weighted by molar-refractivity contribution is 7.90. The molecule has 0 saturated heterocycles. The summed E-state index contributed by atoms with van der Waals surface area (Å²) in [6.07, 6.45) is 1.16. The summed E-state index contributed by atoms with van der Waals surface area (Å²) in [5.41, 5.74) is 5.97. The molecule has 0 aliphatic carbocycles. The molecule has 0 saturated carbocycles. The lowest BCUT2D eigenvalue weighted by atomic mass is 10.2. The van der Waals surface area contributed by atoms with Crippen LogP contribution in [0.25, 0.3) is 0 Å². The molecule has 0 amide bonds. The standard InChI is InChI=1S/C14H14N2O3S/c1-20(17,18)13-8-6-12(7-9-13)19-11-4-2-10(3-5-11)14(15)16/h2-9H,1H3,(H3,15,16). The number of hydrogen-bond donors (Lipinski definition) is 2. The lowest BCUT2D eigenvalue weighted by Crippen LogP contribution is -2.10. The maximum atomic E-state index is 11.3. The van der Waals surface area contributed by atoms with Crippen LogP contribution in [0.15, 0.2) is 53.4 Å². The smallest absolute Gasteiger partial charge is 0.175 e. The van der Waals surface area contributed by atoms with Gasteiger partial charge in [0.15, 0.2) is 9.84 Å². The maximum Gasteiger partial charge on any atom is 0.175 e. The fourth-order valence-corrected chi connectivity index (χ4v) is 2.22. The minimum atomic E-state index is -3.20. The number of rotatable bonds is 4. The van der Waals surface area contributed by atoms with E-state index in [1.54, 1.807) is 36.4 Å². The van der Waals surface area contributed by atoms with Crippen molar-refractivity contribution in [1.29, 1.82) is 5.41 Å². The Bertz CT molecular complexity index is 720. The topological polar surface area (TPSA) is 93.2 Å². The monoisotopic (exact) mass is 290 g/mol. The summed E-state index contributed by atoms with van der Waals surface area (Å²) in [7, 11) is -3.20. The highest BCUT2D eigenvalue weighted by atomic mass is 32.2. The molecule has 0 spiro atoms. The van der Waals surface area contributed by atoms with Crippen molar-refractivity contribution in [3.63, 3.8) is 0 Å². The fourth-order valence-electron chi connectivity index (χ4n) is 1.59. The quantitative estimate of drug-likeness (QED) is 0.666. The van der Waals surface area contributed by atoms with Crippen LogP contribution in [0.4, 0.5) is 0 Å². The van der Waals surface area contributed by atoms with Gasteiger partial charge in [0, 0.05) is 11.8 Å². The van der Waals surface area contributed by atoms with Crippen molar-refractivity contribution in [2.24, 2.45) is 5.73 Å². The molecule has 0 fully saturated rings. The number of nitrogens with one attached hydrogen (secondary N) is 1. The summed E-state index contributed by atoms with van der Waals surface area (Å²) < 4.78 is 28.2. The first-order chi connectivity index (χ1) is 9.36. The summed E-state index contributed by atoms with van der Waals surface area (Å²) in [4.78, 5) is 0.247. The van der Waals surface area contributed by atoms with Gasteiger partial charge in [-0.15, -0.1) is 0 Å². The molecule has 2 aromatic carbocycles. The highest BCUT2D eigenvalue weighted by Gasteiger charge is 2.06. The Hall–Kier alpha value is -2.34. The van der Waals surface area contributed by atoms with Gasteiger partial charge in [0.1, 0.15) is 17.3 Å². The van der Waals surface area contributed by atoms with Crippen LogP contribution < -0.4 is 10.5 Å². The lowest BCUT2D eigenvalue weighted by Gasteiger charge is -2.07. The maximum absolute atomic E-state index is 11.3. The number of ether oxygens (including phenoxy) is 1. The molecule has 3 N–H and O–H groups in total. The van der Waals surface area contributed by atoms with Crippen LogP contribution in [0.1, 0.15) is 5.56 Å². The van der Waals surface area contributed by atoms with E-state index >= 15 is 0 Å². The normalized spacial score (nSPS) is 11.1. The minimum absolute atomic E-state index is 0.00550. The third kappa shape index (κ3) is 3.36. The van der Waals surface area contributed by atoms with Gasteiger partial charge in [0.05, 0.1) is 4.90 Å². The summed E-state index contributed by atoms with van der Waals surface area (Å²) in [5.74, 6) is 1.11. The van der Waals surface area contributed by atoms with Crippen molar-refractivity contribution < 1.29 is 13.2 Å². The van der Waals surface area contributed by atoms with Gasteiger partial charge < -0.3 is 10.5 Å². The predicted molar refractivity (Wildman–Crippen MR) is 77.1 cm³/mol. The third-order valence-corrected chi connectivity index (χ3v) is 3.78. The predicted octanol–water partition coefficient (Wildman–Crippen LogP) is 2.17. The molecule has 6 heteroatoms. The van der Waals surface area contributed by atoms with Gasteiger partial charge >= 0.3 is 0 Å². The highest BCUT2D eigenvalue weighted by Crippen LogP contribution is 2.23. The molecule has 2 rings (SSSR count). The molecule has 0 aliphatic rings. The van der Waals surface area contributed by atoms with Crippen LogP contribution >= 0.6 is 0 Å². The van der Waals surface area contributed by atoms with Crippen molar-refractivity contribution in [1.82, 2.24) is 0 Å². The van der Waals surface area contributed by atoms with Gasteiger partial charge in [0.2, 0.25) is 0 Å². The van der Waals surface area contributed by atoms with Gasteiger partial charge in [-0.05, 0) is 48.5 Å². The second kappa shape index (κ2) is 5.34. The number of benzene rings is 2. The van der Waals surface area contributed by atoms with Crippen molar-refractivity contribution in [3.8, 4) is 11.5 Å². The van der Waals surface area contributed by atoms with E-state index in [1.165, 1.54) is 12.1 Å². The molecule has 2 aromatic rings. The van der Waals surface area contributed by atoms with Crippen molar-refractivity contribution in [3.05, 3.63) is 54.1 Å². The van der Waals surface area contributed by atoms with E-state index in [1.807, 2.05) is 0 Å². The van der Waals surface area contributed by atoms with Crippen molar-refractivity contribution in [2.75, 3.05) is 6.26 Å². The number of hydrogen-bond acceptors (Lipinski definition) is 4. The molecule has 0 bridgehead atoms. The summed E-state index contributed by atoms with van der Waals surface area (Å²) >= 11 is 0. The van der Waals surface area contributed by atoms with Gasteiger partial charge in [-0.3, -0.25) is 5.41 Å². The van der Waals surface area contributed by atoms with Gasteiger partial charge in [-0.25, -0.2) is 8.42 Å². The largest absolute Gasteiger partial charge is 0.457 e. The van der Waals surface area contributed by atoms with Crippen LogP contribution in [-0.2, 0) is 9.84 Å². The first kappa shape index (κ1) is 14.1. The number of sulfone groups is 1. The Morgan fingerprint density at radius 2 is 1.45 bits per heavy atom. The Kier molecular flexibility index (Phi) is 3.76. The van der Waals surface area contributed by atoms with Crippen molar-refractivity contribution >= 4 is 15.7 Å². The summed E-state index contributed by atoms with van der Waals surface area (Å²) in [5, 5.41) is 7.29. The summed E-state index contributed by atoms with van der Waals surface area (Å²) in [6, 6.07) is 12.9. The SMILES string of the molecule is CS(=O)(=O)c1ccc(Oc2ccc(C(=N)N)cc2)cc1. The van der Waals surface area contributed by atoms with E-state index in [0.717, 1.165) is 6.26 Å². The average Bonchev–Trinajstić information content (AvgIpc) is 2.39. The van der Waals surface area contributed by atoms with Crippen LogP contribution in [0.3, 0.4) is 0 Å². The van der Waals surface area contributed by atoms with Gasteiger partial charge in [-0.1, -0.05) is 0 Å². The molecular formula is C14H14N2O3S. The van der Waals surface area contributed by atoms with E-state index in [2.05, 4.69) is 0 Å². The minimum Gasteiger partial charge on any atom is -0.457 e. The second-order valence-corrected chi connectivity index (χ2v) is 6.30. The molecule has 20 heavy (non-hydrogen) atoms. The molecular weight excluding hydrogens is 276 g/mol. The Balaban J connectivity index is 2.16. The van der Waals surface area contributed by atoms with E-state index in [9.17, 15) is 8.42 Å². The van der Waals surface area contributed by atoms with Crippen LogP contribution in [-0.4, -0.2) is 20.5 Å². The molecule has 0 heterocycles. The van der Waals surface area contributed by atoms with Gasteiger partial charge in [0.25, 0.3) is 0 Å². The zero-order chi connectivity index (χ0) is 14.8. The van der Waals surface area contributed by atoms with E-state index < -0.39 is 9.84 Å². The Labute approximate surface area is 117 Å². The van der Waals surface area contributed by atoms with Crippen LogP contribution in [0, 0.1) is 5.41 Å². The first-order valence-electron chi connectivity index (χ1n) is 5.79. The average molecular weight is 290 g/mol. The third-order valence-electron chi connectivity index (χ3n) is 2.65. The van der Waals surface area contributed by atoms with Gasteiger partial charge in [-0.2, -0.15) is 0 Å². The van der Waals surface area contributed by atoms with E-state index in [-0.39, 0.29) is 10.7 Å². The second-order valence-electron chi connectivity index (χ2n) is 4.28. The number of amidine groups is 1. The summed E-state index contributed by atoms with van der Waals surface area (Å²) in [6.45, 7) is 0. The zero-order valence-corrected chi connectivity index (χ0v) is 11.6. The molecule has 5 nitrogen and oxygen atoms in total. The molecule has 0 radical (unpaired) electrons. The van der Waals surface area contributed by atoms with E-state index in [4.69, 9.17) is 15.9 Å². The molecule has 0 aliphatic heterocycles. The van der Waals surface area contributed by atoms with Crippen LogP contribution in [0.2, 0.25) is 0 Å². The van der Waals surface area contributed by atoms with E-state index in [0.29, 0.717) is 17.1 Å². The molecule has 0 unspecified atom stereocenters. The molecule has 104 valence electrons. The Morgan fingerprint density at radius 3 is 1.85 bits per heavy atom. The number of nitrogens with two attached hydrogens (primary N) is 1. The fraction of sp³-hybridized carbons (Fsp3) is 0.0714. The number of nitrogen functional groups attached to an aromatic ring is 1. The first-order valence-corrected chi connectivity index (χ1v) is 7.68.